The van der Waals surface area contributed by atoms with E-state index in [2.05, 4.69) is 20.3 Å². The van der Waals surface area contributed by atoms with Crippen LogP contribution < -0.4 is 16.0 Å². The maximum absolute atomic E-state index is 13.9. The average Bonchev–Trinajstić information content (AvgIpc) is 3.73. The fraction of sp³-hybridized carbons (Fsp3) is 0.194. The normalized spacial score (nSPS) is 26.3. The lowest BCUT2D eigenvalue weighted by molar-refractivity contribution is -0.126. The molecule has 2 unspecified atom stereocenters. The number of allylic oxidation sites excluding steroid dienone is 4. The van der Waals surface area contributed by atoms with Gasteiger partial charge in [0.05, 0.1) is 34.6 Å². The van der Waals surface area contributed by atoms with Gasteiger partial charge in [-0.1, -0.05) is 0 Å². The van der Waals surface area contributed by atoms with Crippen LogP contribution in [0.15, 0.2) is 107 Å². The quantitative estimate of drug-likeness (QED) is 0.550. The number of ketones is 1. The van der Waals surface area contributed by atoms with Crippen molar-refractivity contribution in [1.82, 2.24) is 24.8 Å². The van der Waals surface area contributed by atoms with Gasteiger partial charge in [0.1, 0.15) is 5.54 Å². The van der Waals surface area contributed by atoms with E-state index < -0.39 is 16.6 Å². The van der Waals surface area contributed by atoms with Crippen molar-refractivity contribution in [3.63, 3.8) is 0 Å². The van der Waals surface area contributed by atoms with Gasteiger partial charge in [0.25, 0.3) is 0 Å². The number of hydrogen-bond donors (Lipinski definition) is 2. The van der Waals surface area contributed by atoms with Gasteiger partial charge in [-0.25, -0.2) is 15.0 Å². The summed E-state index contributed by atoms with van der Waals surface area (Å²) in [6, 6.07) is 7.91. The van der Waals surface area contributed by atoms with Crippen LogP contribution >= 0.6 is 0 Å². The Kier molecular flexibility index (Phi) is 4.82. The van der Waals surface area contributed by atoms with Crippen molar-refractivity contribution in [3.05, 3.63) is 108 Å². The molecule has 2 atom stereocenters. The first kappa shape index (κ1) is 23.3. The number of aromatic nitrogens is 4. The minimum absolute atomic E-state index is 0.0715. The van der Waals surface area contributed by atoms with E-state index in [1.165, 1.54) is 0 Å². The molecule has 39 heavy (non-hydrogen) atoms. The Hall–Kier alpha value is -4.85. The van der Waals surface area contributed by atoms with Gasteiger partial charge in [0.15, 0.2) is 11.4 Å². The number of H-pyrrole nitrogens is 1. The molecule has 8 nitrogen and oxygen atoms in total. The number of nitrogens with zero attached hydrogens (tertiary/aromatic N) is 5. The Morgan fingerprint density at radius 3 is 2.56 bits per heavy atom. The monoisotopic (exact) mass is 513 g/mol. The van der Waals surface area contributed by atoms with Crippen molar-refractivity contribution in [2.45, 2.75) is 32.0 Å². The Balaban J connectivity index is 1.45. The van der Waals surface area contributed by atoms with Crippen molar-refractivity contribution >= 4 is 29.4 Å². The molecule has 7 heterocycles. The number of pyridine rings is 1. The van der Waals surface area contributed by atoms with Crippen LogP contribution in [0.25, 0.3) is 23.4 Å². The zero-order valence-corrected chi connectivity index (χ0v) is 21.9. The molecular weight excluding hydrogens is 486 g/mol. The van der Waals surface area contributed by atoms with E-state index in [0.717, 1.165) is 44.8 Å². The maximum Gasteiger partial charge on any atom is 0.177 e. The molecule has 4 aliphatic rings. The molecule has 192 valence electrons. The van der Waals surface area contributed by atoms with Gasteiger partial charge in [-0.3, -0.25) is 9.78 Å². The summed E-state index contributed by atoms with van der Waals surface area (Å²) in [6.07, 6.45) is 23.2. The van der Waals surface area contributed by atoms with Crippen LogP contribution in [0.3, 0.4) is 0 Å². The van der Waals surface area contributed by atoms with E-state index in [1.54, 1.807) is 18.7 Å². The van der Waals surface area contributed by atoms with E-state index >= 15 is 0 Å². The van der Waals surface area contributed by atoms with Gasteiger partial charge in [-0.15, -0.1) is 0 Å². The third kappa shape index (κ3) is 3.79. The lowest BCUT2D eigenvalue weighted by atomic mass is 9.80. The number of Topliss-reactive ketones (excluding diaryl/α,β-unsaturated/α-hetero) is 1. The summed E-state index contributed by atoms with van der Waals surface area (Å²) in [5.41, 5.74) is 2.26. The molecule has 1 saturated heterocycles. The van der Waals surface area contributed by atoms with Gasteiger partial charge in [0, 0.05) is 40.5 Å². The second-order valence-electron chi connectivity index (χ2n) is 11.0. The maximum atomic E-state index is 13.9. The highest BCUT2D eigenvalue weighted by atomic mass is 16.1. The first-order chi connectivity index (χ1) is 18.7. The standard InChI is InChI=1S/C31H27N7O/c1-29(2)27-16-31(38-18-26(33-19-38)20-5-4-12-32-17-20)11-10-24(36-31)14-23-7-6-21(34-23)13-22-8-9-25(35-22)15-30(3,37-27)28(29)39/h4-19,34,37H,1-3H3. The molecule has 8 heteroatoms. The van der Waals surface area contributed by atoms with Crippen molar-refractivity contribution in [1.29, 1.82) is 0 Å². The summed E-state index contributed by atoms with van der Waals surface area (Å²) >= 11 is 0. The molecule has 8 bridgehead atoms. The van der Waals surface area contributed by atoms with Crippen LogP contribution in [0.4, 0.5) is 0 Å². The number of hydrogen-bond acceptors (Lipinski definition) is 6. The van der Waals surface area contributed by atoms with E-state index in [-0.39, 0.29) is 5.78 Å². The molecule has 0 aromatic carbocycles. The smallest absolute Gasteiger partial charge is 0.177 e. The number of aromatic amines is 1. The third-order valence-electron chi connectivity index (χ3n) is 7.68. The molecule has 4 aliphatic heterocycles. The molecule has 0 spiro atoms. The number of fused-ring (bicyclic) bond motifs is 6. The highest BCUT2D eigenvalue weighted by Gasteiger charge is 2.52. The summed E-state index contributed by atoms with van der Waals surface area (Å²) in [4.78, 5) is 36.1. The van der Waals surface area contributed by atoms with E-state index in [4.69, 9.17) is 9.98 Å². The molecular formula is C31H27N7O. The third-order valence-corrected chi connectivity index (χ3v) is 7.68. The summed E-state index contributed by atoms with van der Waals surface area (Å²) in [6.45, 7) is 5.82. The van der Waals surface area contributed by atoms with Crippen LogP contribution in [0.1, 0.15) is 20.8 Å². The number of nitrogens with one attached hydrogen (secondary N) is 2. The first-order valence-electron chi connectivity index (χ1n) is 12.9. The fourth-order valence-electron chi connectivity index (χ4n) is 5.61. The lowest BCUT2D eigenvalue weighted by Crippen LogP contribution is -2.41. The summed E-state index contributed by atoms with van der Waals surface area (Å²) in [5.74, 6) is 0.0715. The molecule has 1 fully saturated rings. The van der Waals surface area contributed by atoms with E-state index in [9.17, 15) is 4.79 Å². The molecule has 0 aliphatic carbocycles. The molecule has 2 N–H and O–H groups in total. The Morgan fingerprint density at radius 2 is 1.77 bits per heavy atom. The van der Waals surface area contributed by atoms with Crippen LogP contribution in [0.2, 0.25) is 0 Å². The summed E-state index contributed by atoms with van der Waals surface area (Å²) in [7, 11) is 0. The van der Waals surface area contributed by atoms with Gasteiger partial charge in [-0.05, 0) is 93.6 Å². The van der Waals surface area contributed by atoms with E-state index in [1.807, 2.05) is 104 Å². The summed E-state index contributed by atoms with van der Waals surface area (Å²) in [5, 5.41) is 5.42. The second kappa shape index (κ2) is 8.07. The zero-order chi connectivity index (χ0) is 26.8. The molecule has 7 rings (SSSR count). The fourth-order valence-corrected chi connectivity index (χ4v) is 5.61. The lowest BCUT2D eigenvalue weighted by Gasteiger charge is -2.26. The minimum atomic E-state index is -0.928. The number of aliphatic imine (C=N–C) groups is 2. The van der Waals surface area contributed by atoms with E-state index in [0.29, 0.717) is 0 Å². The molecule has 0 radical (unpaired) electrons. The average molecular weight is 514 g/mol. The number of carbonyl (C=O) groups excluding carboxylic acids is 1. The Bertz CT molecular complexity index is 1840. The largest absolute Gasteiger partial charge is 0.372 e. The molecule has 0 amide bonds. The van der Waals surface area contributed by atoms with Gasteiger partial charge in [-0.2, -0.15) is 0 Å². The van der Waals surface area contributed by atoms with Gasteiger partial charge >= 0.3 is 0 Å². The highest BCUT2D eigenvalue weighted by Crippen LogP contribution is 2.43. The molecule has 3 aromatic rings. The van der Waals surface area contributed by atoms with Crippen molar-refractivity contribution in [2.75, 3.05) is 0 Å². The highest BCUT2D eigenvalue weighted by molar-refractivity contribution is 6.20. The SMILES string of the molecule is CC12C=C3C=CC(=N3)C=c3ccc([nH]3)=CC3=NC(n4cnc(-c5cccnc5)c4)(C=C3)C=C(N1)C(C)(C)C2=O. The van der Waals surface area contributed by atoms with Crippen LogP contribution in [-0.2, 0) is 10.5 Å². The Morgan fingerprint density at radius 1 is 0.949 bits per heavy atom. The first-order valence-corrected chi connectivity index (χ1v) is 12.9. The minimum Gasteiger partial charge on any atom is -0.372 e. The number of carbonyl (C=O) groups is 1. The van der Waals surface area contributed by atoms with Gasteiger partial charge in [0.2, 0.25) is 0 Å². The van der Waals surface area contributed by atoms with Crippen molar-refractivity contribution < 1.29 is 4.79 Å². The number of imidazole rings is 1. The zero-order valence-electron chi connectivity index (χ0n) is 21.9. The van der Waals surface area contributed by atoms with Crippen LogP contribution in [0.5, 0.6) is 0 Å². The number of rotatable bonds is 2. The van der Waals surface area contributed by atoms with Crippen LogP contribution in [0, 0.1) is 5.41 Å². The predicted molar refractivity (Wildman–Crippen MR) is 152 cm³/mol. The second-order valence-corrected chi connectivity index (χ2v) is 11.0. The van der Waals surface area contributed by atoms with Crippen LogP contribution in [-0.4, -0.2) is 42.3 Å². The summed E-state index contributed by atoms with van der Waals surface area (Å²) < 4.78 is 1.98. The van der Waals surface area contributed by atoms with Crippen molar-refractivity contribution in [2.24, 2.45) is 15.4 Å². The van der Waals surface area contributed by atoms with Gasteiger partial charge < -0.3 is 14.9 Å². The Labute approximate surface area is 225 Å². The molecule has 3 aromatic heterocycles. The topological polar surface area (TPSA) is 100 Å². The van der Waals surface area contributed by atoms with Crippen molar-refractivity contribution in [3.8, 4) is 11.3 Å². The predicted octanol–water partition coefficient (Wildman–Crippen LogP) is 2.95. The molecule has 0 saturated carbocycles.